The number of aliphatic carboxylic acids is 2. The SMILES string of the molecule is C=C(C)C(=O)OCCN(C)C.O=C(O)CCCCC(=O)O. The first-order valence-electron chi connectivity index (χ1n) is 6.57. The first-order chi connectivity index (χ1) is 9.66. The van der Waals surface area contributed by atoms with E-state index in [4.69, 9.17) is 14.9 Å². The summed E-state index contributed by atoms with van der Waals surface area (Å²) in [7, 11) is 3.85. The van der Waals surface area contributed by atoms with Crippen LogP contribution in [-0.4, -0.2) is 60.3 Å². The minimum Gasteiger partial charge on any atom is -0.481 e. The van der Waals surface area contributed by atoms with Gasteiger partial charge in [-0.05, 0) is 33.9 Å². The van der Waals surface area contributed by atoms with Crippen LogP contribution < -0.4 is 0 Å². The second-order valence-electron chi connectivity index (χ2n) is 4.71. The van der Waals surface area contributed by atoms with Gasteiger partial charge >= 0.3 is 17.9 Å². The van der Waals surface area contributed by atoms with Crippen molar-refractivity contribution in [3.8, 4) is 0 Å². The first-order valence-corrected chi connectivity index (χ1v) is 6.57. The second-order valence-corrected chi connectivity index (χ2v) is 4.71. The molecule has 0 atom stereocenters. The van der Waals surface area contributed by atoms with Crippen LogP contribution in [0.2, 0.25) is 0 Å². The number of nitrogens with zero attached hydrogens (tertiary/aromatic N) is 1. The monoisotopic (exact) mass is 303 g/mol. The predicted octanol–water partition coefficient (Wildman–Crippen LogP) is 1.38. The van der Waals surface area contributed by atoms with Crippen molar-refractivity contribution in [2.45, 2.75) is 32.6 Å². The van der Waals surface area contributed by atoms with E-state index in [1.165, 1.54) is 0 Å². The van der Waals surface area contributed by atoms with Crippen molar-refractivity contribution in [2.75, 3.05) is 27.2 Å². The summed E-state index contributed by atoms with van der Waals surface area (Å²) in [6.07, 6.45) is 1.02. The largest absolute Gasteiger partial charge is 0.481 e. The molecular weight excluding hydrogens is 278 g/mol. The van der Waals surface area contributed by atoms with E-state index < -0.39 is 11.9 Å². The third-order valence-electron chi connectivity index (χ3n) is 2.15. The average molecular weight is 303 g/mol. The summed E-state index contributed by atoms with van der Waals surface area (Å²) in [4.78, 5) is 32.5. The standard InChI is InChI=1S/C8H15NO2.C6H10O4/c1-7(2)8(10)11-6-5-9(3)4;7-5(8)3-1-2-4-6(9)10/h1,5-6H2,2-4H3;1-4H2,(H,7,8)(H,9,10). The molecule has 0 saturated carbocycles. The molecule has 7 nitrogen and oxygen atoms in total. The summed E-state index contributed by atoms with van der Waals surface area (Å²) >= 11 is 0. The number of hydrogen-bond donors (Lipinski definition) is 2. The Morgan fingerprint density at radius 3 is 1.76 bits per heavy atom. The molecule has 0 radical (unpaired) electrons. The Kier molecular flexibility index (Phi) is 13.4. The van der Waals surface area contributed by atoms with Crippen LogP contribution in [0.4, 0.5) is 0 Å². The Labute approximate surface area is 125 Å². The van der Waals surface area contributed by atoms with Crippen LogP contribution in [-0.2, 0) is 19.1 Å². The molecule has 0 bridgehead atoms. The summed E-state index contributed by atoms with van der Waals surface area (Å²) < 4.78 is 4.83. The predicted molar refractivity (Wildman–Crippen MR) is 78.1 cm³/mol. The van der Waals surface area contributed by atoms with Gasteiger partial charge in [-0.25, -0.2) is 4.79 Å². The highest BCUT2D eigenvalue weighted by atomic mass is 16.5. The van der Waals surface area contributed by atoms with E-state index >= 15 is 0 Å². The molecule has 0 aromatic carbocycles. The molecule has 0 unspecified atom stereocenters. The van der Waals surface area contributed by atoms with Gasteiger partial charge in [-0.15, -0.1) is 0 Å². The molecule has 21 heavy (non-hydrogen) atoms. The quantitative estimate of drug-likeness (QED) is 0.377. The minimum absolute atomic E-state index is 0.0628. The highest BCUT2D eigenvalue weighted by Gasteiger charge is 2.01. The maximum absolute atomic E-state index is 10.8. The molecule has 0 heterocycles. The average Bonchev–Trinajstić information content (AvgIpc) is 2.34. The molecule has 0 saturated heterocycles. The lowest BCUT2D eigenvalue weighted by Crippen LogP contribution is -2.20. The molecule has 2 N–H and O–H groups in total. The van der Waals surface area contributed by atoms with Gasteiger partial charge in [0.15, 0.2) is 0 Å². The van der Waals surface area contributed by atoms with Crippen LogP contribution in [0.5, 0.6) is 0 Å². The number of carbonyl (C=O) groups is 3. The molecule has 0 rings (SSSR count). The minimum atomic E-state index is -0.870. The van der Waals surface area contributed by atoms with Gasteiger partial charge in [0.05, 0.1) is 0 Å². The number of rotatable bonds is 9. The molecule has 122 valence electrons. The Balaban J connectivity index is 0. The van der Waals surface area contributed by atoms with E-state index in [-0.39, 0.29) is 18.8 Å². The molecule has 0 aliphatic carbocycles. The Bertz CT molecular complexity index is 335. The maximum Gasteiger partial charge on any atom is 0.333 e. The fraction of sp³-hybridized carbons (Fsp3) is 0.643. The van der Waals surface area contributed by atoms with Gasteiger partial charge in [-0.3, -0.25) is 9.59 Å². The smallest absolute Gasteiger partial charge is 0.333 e. The van der Waals surface area contributed by atoms with Crippen LogP contribution in [0.1, 0.15) is 32.6 Å². The summed E-state index contributed by atoms with van der Waals surface area (Å²) in [6, 6.07) is 0. The van der Waals surface area contributed by atoms with E-state index in [0.717, 1.165) is 6.54 Å². The third kappa shape index (κ3) is 20.6. The number of carbonyl (C=O) groups excluding carboxylic acids is 1. The molecule has 0 spiro atoms. The topological polar surface area (TPSA) is 104 Å². The third-order valence-corrected chi connectivity index (χ3v) is 2.15. The Hall–Kier alpha value is -1.89. The number of hydrogen-bond acceptors (Lipinski definition) is 5. The van der Waals surface area contributed by atoms with Crippen LogP contribution in [0, 0.1) is 0 Å². The molecule has 0 aliphatic rings. The highest BCUT2D eigenvalue weighted by Crippen LogP contribution is 1.98. The maximum atomic E-state index is 10.8. The zero-order valence-electron chi connectivity index (χ0n) is 12.9. The second kappa shape index (κ2) is 13.1. The van der Waals surface area contributed by atoms with Gasteiger partial charge in [0.1, 0.15) is 6.61 Å². The number of ether oxygens (including phenoxy) is 1. The summed E-state index contributed by atoms with van der Waals surface area (Å²) in [5, 5.41) is 16.3. The Morgan fingerprint density at radius 1 is 1.05 bits per heavy atom. The van der Waals surface area contributed by atoms with Crippen molar-refractivity contribution >= 4 is 17.9 Å². The molecule has 0 amide bonds. The van der Waals surface area contributed by atoms with Crippen LogP contribution in [0.15, 0.2) is 12.2 Å². The van der Waals surface area contributed by atoms with Crippen LogP contribution in [0.3, 0.4) is 0 Å². The molecule has 7 heteroatoms. The first kappa shape index (κ1) is 21.4. The zero-order valence-corrected chi connectivity index (χ0v) is 12.9. The van der Waals surface area contributed by atoms with E-state index in [9.17, 15) is 14.4 Å². The van der Waals surface area contributed by atoms with Crippen LogP contribution >= 0.6 is 0 Å². The molecule has 0 aromatic heterocycles. The lowest BCUT2D eigenvalue weighted by Gasteiger charge is -2.09. The fourth-order valence-electron chi connectivity index (χ4n) is 0.997. The van der Waals surface area contributed by atoms with Gasteiger partial charge in [0.2, 0.25) is 0 Å². The van der Waals surface area contributed by atoms with Crippen molar-refractivity contribution in [2.24, 2.45) is 0 Å². The van der Waals surface area contributed by atoms with E-state index in [1.54, 1.807) is 6.92 Å². The summed E-state index contributed by atoms with van der Waals surface area (Å²) in [5.74, 6) is -2.05. The lowest BCUT2D eigenvalue weighted by molar-refractivity contribution is -0.139. The number of carboxylic acid groups (broad SMARTS) is 2. The van der Waals surface area contributed by atoms with Gasteiger partial charge < -0.3 is 19.8 Å². The lowest BCUT2D eigenvalue weighted by atomic mass is 10.2. The van der Waals surface area contributed by atoms with Crippen molar-refractivity contribution in [3.05, 3.63) is 12.2 Å². The van der Waals surface area contributed by atoms with Gasteiger partial charge in [0, 0.05) is 25.0 Å². The van der Waals surface area contributed by atoms with Crippen molar-refractivity contribution in [1.29, 1.82) is 0 Å². The molecule has 0 fully saturated rings. The zero-order chi connectivity index (χ0) is 16.8. The van der Waals surface area contributed by atoms with Crippen LogP contribution in [0.25, 0.3) is 0 Å². The van der Waals surface area contributed by atoms with Gasteiger partial charge in [0.25, 0.3) is 0 Å². The van der Waals surface area contributed by atoms with Crippen molar-refractivity contribution in [3.63, 3.8) is 0 Å². The highest BCUT2D eigenvalue weighted by molar-refractivity contribution is 5.86. The normalized spacial score (nSPS) is 9.52. The summed E-state index contributed by atoms with van der Waals surface area (Å²) in [6.45, 7) is 6.28. The van der Waals surface area contributed by atoms with E-state index in [2.05, 4.69) is 6.58 Å². The number of unbranched alkanes of at least 4 members (excludes halogenated alkanes) is 1. The van der Waals surface area contributed by atoms with Crippen molar-refractivity contribution < 1.29 is 29.3 Å². The van der Waals surface area contributed by atoms with Crippen molar-refractivity contribution in [1.82, 2.24) is 4.90 Å². The number of esters is 1. The molecule has 0 aliphatic heterocycles. The number of carboxylic acids is 2. The Morgan fingerprint density at radius 2 is 1.48 bits per heavy atom. The van der Waals surface area contributed by atoms with Gasteiger partial charge in [-0.1, -0.05) is 6.58 Å². The molecular formula is C14H25NO6. The van der Waals surface area contributed by atoms with E-state index in [1.807, 2.05) is 19.0 Å². The summed E-state index contributed by atoms with van der Waals surface area (Å²) in [5.41, 5.74) is 0.448. The van der Waals surface area contributed by atoms with E-state index in [0.29, 0.717) is 25.0 Å². The number of likely N-dealkylation sites (N-methyl/N-ethyl adjacent to an activating group) is 1. The van der Waals surface area contributed by atoms with Gasteiger partial charge in [-0.2, -0.15) is 0 Å². The fourth-order valence-corrected chi connectivity index (χ4v) is 0.997. The molecule has 0 aromatic rings.